The minimum absolute atomic E-state index is 0.804. The molecule has 0 bridgehead atoms. The molecule has 1 aliphatic heterocycles. The Morgan fingerprint density at radius 1 is 1.20 bits per heavy atom. The van der Waals surface area contributed by atoms with Crippen LogP contribution in [-0.2, 0) is 12.8 Å². The van der Waals surface area contributed by atoms with Gasteiger partial charge in [-0.1, -0.05) is 17.7 Å². The number of hydrogen-bond donors (Lipinski definition) is 0. The summed E-state index contributed by atoms with van der Waals surface area (Å²) < 4.78 is 2.36. The zero-order valence-corrected chi connectivity index (χ0v) is 15.4. The maximum absolute atomic E-state index is 6.30. The number of rotatable bonds is 2. The van der Waals surface area contributed by atoms with E-state index in [1.165, 1.54) is 27.7 Å². The molecular weight excluding hydrogens is 330 g/mol. The van der Waals surface area contributed by atoms with Crippen LogP contribution in [0.1, 0.15) is 23.7 Å². The van der Waals surface area contributed by atoms with Crippen molar-refractivity contribution in [3.8, 4) is 0 Å². The molecule has 0 amide bonds. The quantitative estimate of drug-likeness (QED) is 0.665. The van der Waals surface area contributed by atoms with Crippen LogP contribution < -0.4 is 0 Å². The minimum Gasteiger partial charge on any atom is -0.320 e. The molecule has 3 heterocycles. The van der Waals surface area contributed by atoms with Gasteiger partial charge in [-0.25, -0.2) is 0 Å². The van der Waals surface area contributed by atoms with E-state index in [9.17, 15) is 0 Å². The smallest absolute Gasteiger partial charge is 0.0529 e. The number of nitrogens with zero attached hydrogens (tertiary/aromatic N) is 3. The number of pyridine rings is 1. The van der Waals surface area contributed by atoms with Gasteiger partial charge < -0.3 is 9.47 Å². The SMILES string of the molecule is CC(=Cn1c2c(c3cc(Cl)ccc31)CCN(C)CC2)c1cccnc1. The molecule has 4 rings (SSSR count). The van der Waals surface area contributed by atoms with E-state index < -0.39 is 0 Å². The van der Waals surface area contributed by atoms with Crippen molar-refractivity contribution in [3.05, 3.63) is 64.6 Å². The molecule has 1 aromatic carbocycles. The molecule has 2 aromatic heterocycles. The van der Waals surface area contributed by atoms with Crippen molar-refractivity contribution in [1.29, 1.82) is 0 Å². The first-order chi connectivity index (χ1) is 12.1. The number of benzene rings is 1. The van der Waals surface area contributed by atoms with E-state index in [-0.39, 0.29) is 0 Å². The first-order valence-electron chi connectivity index (χ1n) is 8.72. The van der Waals surface area contributed by atoms with Gasteiger partial charge in [0.05, 0.1) is 5.52 Å². The fourth-order valence-corrected chi connectivity index (χ4v) is 3.85. The number of likely N-dealkylation sites (N-methyl/N-ethyl adjacent to an activating group) is 1. The highest BCUT2D eigenvalue weighted by molar-refractivity contribution is 6.31. The van der Waals surface area contributed by atoms with Crippen molar-refractivity contribution in [1.82, 2.24) is 14.5 Å². The Labute approximate surface area is 153 Å². The van der Waals surface area contributed by atoms with Crippen LogP contribution >= 0.6 is 11.6 Å². The van der Waals surface area contributed by atoms with E-state index in [1.807, 2.05) is 24.5 Å². The second kappa shape index (κ2) is 6.66. The molecule has 0 radical (unpaired) electrons. The molecule has 0 saturated carbocycles. The molecule has 4 heteroatoms. The van der Waals surface area contributed by atoms with Gasteiger partial charge in [0.1, 0.15) is 0 Å². The Hall–Kier alpha value is -2.10. The normalized spacial score (nSPS) is 16.0. The maximum atomic E-state index is 6.30. The number of allylic oxidation sites excluding steroid dienone is 1. The molecule has 0 saturated heterocycles. The highest BCUT2D eigenvalue weighted by Crippen LogP contribution is 2.32. The van der Waals surface area contributed by atoms with Gasteiger partial charge in [-0.15, -0.1) is 0 Å². The van der Waals surface area contributed by atoms with Crippen molar-refractivity contribution in [2.45, 2.75) is 19.8 Å². The highest BCUT2D eigenvalue weighted by Gasteiger charge is 2.20. The number of aromatic nitrogens is 2. The predicted octanol–water partition coefficient (Wildman–Crippen LogP) is 4.74. The zero-order chi connectivity index (χ0) is 17.4. The Balaban J connectivity index is 1.91. The molecule has 0 fully saturated rings. The largest absolute Gasteiger partial charge is 0.320 e. The molecule has 3 aromatic rings. The molecule has 128 valence electrons. The first kappa shape index (κ1) is 16.4. The lowest BCUT2D eigenvalue weighted by molar-refractivity contribution is 0.351. The van der Waals surface area contributed by atoms with E-state index >= 15 is 0 Å². The second-order valence-corrected chi connectivity index (χ2v) is 7.25. The van der Waals surface area contributed by atoms with E-state index in [0.717, 1.165) is 36.5 Å². The lowest BCUT2D eigenvalue weighted by atomic mass is 10.1. The third kappa shape index (κ3) is 3.10. The topological polar surface area (TPSA) is 21.1 Å². The van der Waals surface area contributed by atoms with Crippen LogP contribution in [0.4, 0.5) is 0 Å². The van der Waals surface area contributed by atoms with Gasteiger partial charge in [0.2, 0.25) is 0 Å². The van der Waals surface area contributed by atoms with Gasteiger partial charge in [-0.3, -0.25) is 4.98 Å². The fraction of sp³-hybridized carbons (Fsp3) is 0.286. The minimum atomic E-state index is 0.804. The Bertz CT molecular complexity index is 941. The maximum Gasteiger partial charge on any atom is 0.0529 e. The molecule has 1 aliphatic rings. The van der Waals surface area contributed by atoms with Gasteiger partial charge in [-0.2, -0.15) is 0 Å². The van der Waals surface area contributed by atoms with E-state index in [0.29, 0.717) is 0 Å². The zero-order valence-electron chi connectivity index (χ0n) is 14.7. The van der Waals surface area contributed by atoms with E-state index in [2.05, 4.69) is 52.8 Å². The summed E-state index contributed by atoms with van der Waals surface area (Å²) in [6.07, 6.45) is 8.09. The summed E-state index contributed by atoms with van der Waals surface area (Å²) >= 11 is 6.30. The molecular formula is C21H22ClN3. The van der Waals surface area contributed by atoms with Crippen LogP contribution in [0.3, 0.4) is 0 Å². The molecule has 0 atom stereocenters. The van der Waals surface area contributed by atoms with Crippen molar-refractivity contribution in [3.63, 3.8) is 0 Å². The molecule has 0 N–H and O–H groups in total. The van der Waals surface area contributed by atoms with E-state index in [4.69, 9.17) is 11.6 Å². The monoisotopic (exact) mass is 351 g/mol. The molecule has 0 aliphatic carbocycles. The van der Waals surface area contributed by atoms with Crippen molar-refractivity contribution >= 4 is 34.3 Å². The molecule has 25 heavy (non-hydrogen) atoms. The van der Waals surface area contributed by atoms with Crippen LogP contribution in [0, 0.1) is 0 Å². The van der Waals surface area contributed by atoms with Gasteiger partial charge >= 0.3 is 0 Å². The summed E-state index contributed by atoms with van der Waals surface area (Å²) in [6.45, 7) is 4.31. The predicted molar refractivity (Wildman–Crippen MR) is 106 cm³/mol. The Morgan fingerprint density at radius 2 is 2.04 bits per heavy atom. The van der Waals surface area contributed by atoms with Crippen molar-refractivity contribution in [2.24, 2.45) is 0 Å². The molecule has 0 unspecified atom stereocenters. The fourth-order valence-electron chi connectivity index (χ4n) is 3.68. The van der Waals surface area contributed by atoms with Gasteiger partial charge in [0, 0.05) is 54.2 Å². The van der Waals surface area contributed by atoms with Crippen molar-refractivity contribution < 1.29 is 0 Å². The molecule has 3 nitrogen and oxygen atoms in total. The van der Waals surface area contributed by atoms with Gasteiger partial charge in [0.15, 0.2) is 0 Å². The summed E-state index contributed by atoms with van der Waals surface area (Å²) in [5.74, 6) is 0. The number of hydrogen-bond acceptors (Lipinski definition) is 2. The standard InChI is InChI=1S/C21H22ClN3/c1-15(16-4-3-9-23-13-16)14-25-20-6-5-17(22)12-19(20)18-7-10-24(2)11-8-21(18)25/h3-6,9,12-14H,7-8,10-11H2,1-2H3. The van der Waals surface area contributed by atoms with Crippen LogP contribution in [0.25, 0.3) is 22.7 Å². The Kier molecular flexibility index (Phi) is 4.36. The number of fused-ring (bicyclic) bond motifs is 3. The summed E-state index contributed by atoms with van der Waals surface area (Å²) in [7, 11) is 2.20. The van der Waals surface area contributed by atoms with Gasteiger partial charge in [-0.05, 0) is 61.4 Å². The van der Waals surface area contributed by atoms with Crippen molar-refractivity contribution in [2.75, 3.05) is 20.1 Å². The molecule has 0 spiro atoms. The Morgan fingerprint density at radius 3 is 2.84 bits per heavy atom. The average molecular weight is 352 g/mol. The van der Waals surface area contributed by atoms with Crippen LogP contribution in [0.2, 0.25) is 5.02 Å². The third-order valence-corrected chi connectivity index (χ3v) is 5.33. The lowest BCUT2D eigenvalue weighted by Crippen LogP contribution is -2.21. The summed E-state index contributed by atoms with van der Waals surface area (Å²) in [5.41, 5.74) is 6.45. The van der Waals surface area contributed by atoms with E-state index in [1.54, 1.807) is 0 Å². The first-order valence-corrected chi connectivity index (χ1v) is 9.10. The average Bonchev–Trinajstić information content (AvgIpc) is 2.76. The second-order valence-electron chi connectivity index (χ2n) is 6.81. The summed E-state index contributed by atoms with van der Waals surface area (Å²) in [5, 5.41) is 2.09. The lowest BCUT2D eigenvalue weighted by Gasteiger charge is -2.13. The van der Waals surface area contributed by atoms with Gasteiger partial charge in [0.25, 0.3) is 0 Å². The third-order valence-electron chi connectivity index (χ3n) is 5.10. The summed E-state index contributed by atoms with van der Waals surface area (Å²) in [6, 6.07) is 10.3. The number of halogens is 1. The van der Waals surface area contributed by atoms with Crippen LogP contribution in [-0.4, -0.2) is 34.6 Å². The highest BCUT2D eigenvalue weighted by atomic mass is 35.5. The summed E-state index contributed by atoms with van der Waals surface area (Å²) in [4.78, 5) is 6.65. The van der Waals surface area contributed by atoms with Crippen LogP contribution in [0.5, 0.6) is 0 Å². The van der Waals surface area contributed by atoms with Crippen LogP contribution in [0.15, 0.2) is 42.7 Å².